The van der Waals surface area contributed by atoms with Gasteiger partial charge in [0.05, 0.1) is 0 Å². The Morgan fingerprint density at radius 3 is 2.65 bits per heavy atom. The number of nitrogens with one attached hydrogen (secondary N) is 1. The summed E-state index contributed by atoms with van der Waals surface area (Å²) in [5.41, 5.74) is -0.574. The molecular formula is C15H26N2O3. The fourth-order valence-corrected chi connectivity index (χ4v) is 3.51. The lowest BCUT2D eigenvalue weighted by Gasteiger charge is -2.46. The van der Waals surface area contributed by atoms with E-state index in [0.717, 1.165) is 44.9 Å². The van der Waals surface area contributed by atoms with Gasteiger partial charge in [-0.25, -0.2) is 0 Å². The van der Waals surface area contributed by atoms with Gasteiger partial charge >= 0.3 is 0 Å². The third-order valence-electron chi connectivity index (χ3n) is 4.55. The average Bonchev–Trinajstić information content (AvgIpc) is 2.91. The summed E-state index contributed by atoms with van der Waals surface area (Å²) in [6.45, 7) is 3.29. The largest absolute Gasteiger partial charge is 0.385 e. The summed E-state index contributed by atoms with van der Waals surface area (Å²) >= 11 is 0. The fourth-order valence-electron chi connectivity index (χ4n) is 3.51. The number of amides is 2. The average molecular weight is 282 g/mol. The van der Waals surface area contributed by atoms with Crippen LogP contribution in [0.3, 0.4) is 0 Å². The van der Waals surface area contributed by atoms with Gasteiger partial charge in [0.15, 0.2) is 0 Å². The summed E-state index contributed by atoms with van der Waals surface area (Å²) in [6.07, 6.45) is 6.07. The van der Waals surface area contributed by atoms with Crippen LogP contribution in [0.15, 0.2) is 0 Å². The molecule has 5 nitrogen and oxygen atoms in total. The normalized spacial score (nSPS) is 25.3. The van der Waals surface area contributed by atoms with E-state index in [1.807, 2.05) is 11.8 Å². The standard InChI is InChI=1S/C15H26N2O3/c1-3-7-12-13(18)17(10-6-11-20-2)15(14(19)16-12)8-4-5-9-15/h12H,3-11H2,1-2H3,(H,16,19). The van der Waals surface area contributed by atoms with E-state index in [-0.39, 0.29) is 17.9 Å². The van der Waals surface area contributed by atoms with Crippen molar-refractivity contribution in [2.75, 3.05) is 20.3 Å². The molecule has 114 valence electrons. The number of piperazine rings is 1. The highest BCUT2D eigenvalue weighted by atomic mass is 16.5. The van der Waals surface area contributed by atoms with Crippen LogP contribution in [0.2, 0.25) is 0 Å². The molecule has 1 heterocycles. The van der Waals surface area contributed by atoms with Crippen molar-refractivity contribution in [2.24, 2.45) is 0 Å². The van der Waals surface area contributed by atoms with E-state index in [1.54, 1.807) is 7.11 Å². The van der Waals surface area contributed by atoms with Crippen LogP contribution in [0.1, 0.15) is 51.9 Å². The molecule has 2 fully saturated rings. The van der Waals surface area contributed by atoms with Crippen molar-refractivity contribution in [1.82, 2.24) is 10.2 Å². The monoisotopic (exact) mass is 282 g/mol. The summed E-state index contributed by atoms with van der Waals surface area (Å²) in [5.74, 6) is 0.162. The van der Waals surface area contributed by atoms with Gasteiger partial charge in [0, 0.05) is 20.3 Å². The van der Waals surface area contributed by atoms with Crippen LogP contribution in [0, 0.1) is 0 Å². The Hall–Kier alpha value is -1.10. The highest BCUT2D eigenvalue weighted by molar-refractivity contribution is 6.00. The Balaban J connectivity index is 2.17. The van der Waals surface area contributed by atoms with Gasteiger partial charge in [-0.05, 0) is 25.7 Å². The second-order valence-corrected chi connectivity index (χ2v) is 5.89. The van der Waals surface area contributed by atoms with E-state index in [4.69, 9.17) is 4.74 Å². The van der Waals surface area contributed by atoms with Crippen LogP contribution >= 0.6 is 0 Å². The second-order valence-electron chi connectivity index (χ2n) is 5.89. The molecule has 1 unspecified atom stereocenters. The summed E-state index contributed by atoms with van der Waals surface area (Å²) in [5, 5.41) is 2.96. The lowest BCUT2D eigenvalue weighted by atomic mass is 9.88. The Kier molecular flexibility index (Phi) is 5.02. The molecule has 20 heavy (non-hydrogen) atoms. The molecule has 0 bridgehead atoms. The lowest BCUT2D eigenvalue weighted by Crippen LogP contribution is -2.69. The van der Waals surface area contributed by atoms with Gasteiger partial charge in [-0.2, -0.15) is 0 Å². The Morgan fingerprint density at radius 2 is 2.05 bits per heavy atom. The van der Waals surface area contributed by atoms with Crippen molar-refractivity contribution >= 4 is 11.8 Å². The molecule has 2 aliphatic rings. The number of carbonyl (C=O) groups is 2. The molecule has 1 spiro atoms. The van der Waals surface area contributed by atoms with Crippen molar-refractivity contribution in [3.8, 4) is 0 Å². The maximum Gasteiger partial charge on any atom is 0.246 e. The number of methoxy groups -OCH3 is 1. The number of carbonyl (C=O) groups excluding carboxylic acids is 2. The highest BCUT2D eigenvalue weighted by Crippen LogP contribution is 2.38. The van der Waals surface area contributed by atoms with Crippen LogP contribution in [-0.2, 0) is 14.3 Å². The number of nitrogens with zero attached hydrogens (tertiary/aromatic N) is 1. The van der Waals surface area contributed by atoms with Crippen molar-refractivity contribution in [3.63, 3.8) is 0 Å². The molecular weight excluding hydrogens is 256 g/mol. The van der Waals surface area contributed by atoms with Gasteiger partial charge in [0.1, 0.15) is 11.6 Å². The molecule has 1 saturated heterocycles. The Morgan fingerprint density at radius 1 is 1.35 bits per heavy atom. The van der Waals surface area contributed by atoms with Crippen molar-refractivity contribution < 1.29 is 14.3 Å². The smallest absolute Gasteiger partial charge is 0.246 e. The van der Waals surface area contributed by atoms with E-state index in [1.165, 1.54) is 0 Å². The van der Waals surface area contributed by atoms with E-state index in [0.29, 0.717) is 13.2 Å². The first kappa shape index (κ1) is 15.3. The second kappa shape index (κ2) is 6.57. The summed E-state index contributed by atoms with van der Waals surface area (Å²) in [7, 11) is 1.66. The van der Waals surface area contributed by atoms with Crippen LogP contribution in [0.25, 0.3) is 0 Å². The molecule has 2 amide bonds. The van der Waals surface area contributed by atoms with Crippen molar-refractivity contribution in [2.45, 2.75) is 63.5 Å². The maximum atomic E-state index is 12.7. The van der Waals surface area contributed by atoms with Gasteiger partial charge in [-0.15, -0.1) is 0 Å². The van der Waals surface area contributed by atoms with E-state index < -0.39 is 5.54 Å². The fraction of sp³-hybridized carbons (Fsp3) is 0.867. The van der Waals surface area contributed by atoms with Crippen molar-refractivity contribution in [1.29, 1.82) is 0 Å². The number of rotatable bonds is 6. The first-order chi connectivity index (χ1) is 9.65. The molecule has 0 aromatic carbocycles. The van der Waals surface area contributed by atoms with Gasteiger partial charge < -0.3 is 15.0 Å². The lowest BCUT2D eigenvalue weighted by molar-refractivity contribution is -0.157. The predicted octanol–water partition coefficient (Wildman–Crippen LogP) is 1.46. The van der Waals surface area contributed by atoms with E-state index >= 15 is 0 Å². The maximum absolute atomic E-state index is 12.7. The van der Waals surface area contributed by atoms with Gasteiger partial charge in [-0.1, -0.05) is 26.2 Å². The Labute approximate surface area is 121 Å². The first-order valence-electron chi connectivity index (χ1n) is 7.77. The highest BCUT2D eigenvalue weighted by Gasteiger charge is 2.53. The third-order valence-corrected chi connectivity index (χ3v) is 4.55. The molecule has 1 N–H and O–H groups in total. The molecule has 1 aliphatic carbocycles. The van der Waals surface area contributed by atoms with Gasteiger partial charge in [0.2, 0.25) is 11.8 Å². The quantitative estimate of drug-likeness (QED) is 0.750. The minimum absolute atomic E-state index is 0.0606. The zero-order chi connectivity index (χ0) is 14.6. The SMILES string of the molecule is CCCC1NC(=O)C2(CCCC2)N(CCCOC)C1=O. The van der Waals surface area contributed by atoms with Gasteiger partial charge in [0.25, 0.3) is 0 Å². The van der Waals surface area contributed by atoms with E-state index in [9.17, 15) is 9.59 Å². The van der Waals surface area contributed by atoms with E-state index in [2.05, 4.69) is 5.32 Å². The van der Waals surface area contributed by atoms with Crippen molar-refractivity contribution in [3.05, 3.63) is 0 Å². The van der Waals surface area contributed by atoms with Crippen LogP contribution in [-0.4, -0.2) is 48.6 Å². The minimum atomic E-state index is -0.574. The zero-order valence-electron chi connectivity index (χ0n) is 12.6. The molecule has 0 aromatic rings. The third kappa shape index (κ3) is 2.68. The molecule has 5 heteroatoms. The summed E-state index contributed by atoms with van der Waals surface area (Å²) < 4.78 is 5.08. The molecule has 2 rings (SSSR count). The number of ether oxygens (including phenoxy) is 1. The molecule has 0 radical (unpaired) electrons. The molecule has 1 atom stereocenters. The molecule has 1 aliphatic heterocycles. The molecule has 1 saturated carbocycles. The Bertz CT molecular complexity index is 364. The molecule has 0 aromatic heterocycles. The number of hydrogen-bond acceptors (Lipinski definition) is 3. The van der Waals surface area contributed by atoms with Gasteiger partial charge in [-0.3, -0.25) is 9.59 Å². The topological polar surface area (TPSA) is 58.6 Å². The summed E-state index contributed by atoms with van der Waals surface area (Å²) in [4.78, 5) is 27.1. The van der Waals surface area contributed by atoms with Crippen LogP contribution in [0.5, 0.6) is 0 Å². The predicted molar refractivity (Wildman–Crippen MR) is 76.2 cm³/mol. The minimum Gasteiger partial charge on any atom is -0.385 e. The van der Waals surface area contributed by atoms with Crippen LogP contribution in [0.4, 0.5) is 0 Å². The van der Waals surface area contributed by atoms with Crippen LogP contribution < -0.4 is 5.32 Å². The number of hydrogen-bond donors (Lipinski definition) is 1. The first-order valence-corrected chi connectivity index (χ1v) is 7.77. The zero-order valence-corrected chi connectivity index (χ0v) is 12.6. The summed E-state index contributed by atoms with van der Waals surface area (Å²) in [6, 6.07) is -0.332.